The topological polar surface area (TPSA) is 40.2 Å². The summed E-state index contributed by atoms with van der Waals surface area (Å²) in [4.78, 5) is 4.13. The summed E-state index contributed by atoms with van der Waals surface area (Å²) in [6, 6.07) is 2.02. The number of hydrazine groups is 1. The molecule has 1 fully saturated rings. The molecule has 4 nitrogen and oxygen atoms in total. The highest BCUT2D eigenvalue weighted by atomic mass is 15.6. The van der Waals surface area contributed by atoms with Gasteiger partial charge in [-0.3, -0.25) is 9.99 Å². The van der Waals surface area contributed by atoms with Crippen molar-refractivity contribution in [1.29, 1.82) is 0 Å². The fourth-order valence-electron chi connectivity index (χ4n) is 2.00. The van der Waals surface area contributed by atoms with Crippen molar-refractivity contribution in [3.8, 4) is 0 Å². The van der Waals surface area contributed by atoms with Crippen molar-refractivity contribution in [2.75, 3.05) is 16.9 Å². The molecule has 3 heterocycles. The number of hydrogen-bond donors (Lipinski definition) is 2. The minimum atomic E-state index is 0.424. The number of pyridine rings is 1. The van der Waals surface area contributed by atoms with Gasteiger partial charge in [-0.1, -0.05) is 0 Å². The largest absolute Gasteiger partial charge is 0.362 e. The molecule has 0 bridgehead atoms. The summed E-state index contributed by atoms with van der Waals surface area (Å²) in [6.45, 7) is 1.06. The van der Waals surface area contributed by atoms with Crippen LogP contribution in [-0.4, -0.2) is 17.7 Å². The van der Waals surface area contributed by atoms with E-state index in [9.17, 15) is 0 Å². The number of nitrogens with zero attached hydrogens (tertiary/aromatic N) is 2. The summed E-state index contributed by atoms with van der Waals surface area (Å²) in [7, 11) is 0. The van der Waals surface area contributed by atoms with Crippen molar-refractivity contribution in [3.05, 3.63) is 18.5 Å². The van der Waals surface area contributed by atoms with Gasteiger partial charge in [-0.2, -0.15) is 0 Å². The van der Waals surface area contributed by atoms with E-state index in [4.69, 9.17) is 0 Å². The van der Waals surface area contributed by atoms with E-state index in [1.807, 2.05) is 18.5 Å². The van der Waals surface area contributed by atoms with Crippen molar-refractivity contribution in [2.24, 2.45) is 0 Å². The quantitative estimate of drug-likeness (QED) is 0.617. The lowest BCUT2D eigenvalue weighted by Gasteiger charge is -2.31. The van der Waals surface area contributed by atoms with Crippen LogP contribution in [0.25, 0.3) is 0 Å². The Kier molecular flexibility index (Phi) is 1.43. The summed E-state index contributed by atoms with van der Waals surface area (Å²) in [6.07, 6.45) is 6.58. The van der Waals surface area contributed by atoms with Gasteiger partial charge in [0.05, 0.1) is 17.6 Å². The van der Waals surface area contributed by atoms with Crippen molar-refractivity contribution in [3.63, 3.8) is 0 Å². The molecule has 68 valence electrons. The summed E-state index contributed by atoms with van der Waals surface area (Å²) in [5.41, 5.74) is 5.73. The van der Waals surface area contributed by atoms with Gasteiger partial charge in [-0.15, -0.1) is 0 Å². The average molecular weight is 176 g/mol. The fourth-order valence-corrected chi connectivity index (χ4v) is 2.00. The van der Waals surface area contributed by atoms with Gasteiger partial charge in [-0.05, 0) is 18.9 Å². The SMILES string of the molecule is c1cc2c(cn1)N1NCCCC1N2. The van der Waals surface area contributed by atoms with Crippen LogP contribution in [0.4, 0.5) is 11.4 Å². The second-order valence-electron chi connectivity index (χ2n) is 3.47. The molecular weight excluding hydrogens is 164 g/mol. The number of anilines is 2. The van der Waals surface area contributed by atoms with Crippen LogP contribution in [0.2, 0.25) is 0 Å². The van der Waals surface area contributed by atoms with Crippen molar-refractivity contribution in [2.45, 2.75) is 19.0 Å². The van der Waals surface area contributed by atoms with E-state index < -0.39 is 0 Å². The van der Waals surface area contributed by atoms with Gasteiger partial charge < -0.3 is 5.32 Å². The second-order valence-corrected chi connectivity index (χ2v) is 3.47. The van der Waals surface area contributed by atoms with Gasteiger partial charge >= 0.3 is 0 Å². The Labute approximate surface area is 76.9 Å². The molecule has 2 aliphatic rings. The number of rotatable bonds is 0. The zero-order chi connectivity index (χ0) is 8.67. The van der Waals surface area contributed by atoms with Gasteiger partial charge in [0.1, 0.15) is 6.17 Å². The van der Waals surface area contributed by atoms with Crippen LogP contribution in [0.5, 0.6) is 0 Å². The van der Waals surface area contributed by atoms with E-state index in [0.29, 0.717) is 6.17 Å². The molecule has 1 aromatic rings. The molecule has 3 rings (SSSR count). The minimum absolute atomic E-state index is 0.424. The summed E-state index contributed by atoms with van der Waals surface area (Å²) in [5, 5.41) is 5.65. The molecular formula is C9H12N4. The van der Waals surface area contributed by atoms with E-state index >= 15 is 0 Å². The molecule has 1 aromatic heterocycles. The maximum atomic E-state index is 4.13. The lowest BCUT2D eigenvalue weighted by Crippen LogP contribution is -2.50. The van der Waals surface area contributed by atoms with Crippen molar-refractivity contribution >= 4 is 11.4 Å². The smallest absolute Gasteiger partial charge is 0.114 e. The molecule has 0 amide bonds. The Morgan fingerprint density at radius 2 is 2.54 bits per heavy atom. The number of fused-ring (bicyclic) bond motifs is 3. The van der Waals surface area contributed by atoms with Crippen molar-refractivity contribution < 1.29 is 0 Å². The second kappa shape index (κ2) is 2.60. The first-order valence-corrected chi connectivity index (χ1v) is 4.68. The summed E-state index contributed by atoms with van der Waals surface area (Å²) < 4.78 is 0. The molecule has 0 radical (unpaired) electrons. The number of hydrogen-bond acceptors (Lipinski definition) is 4. The molecule has 0 aromatic carbocycles. The summed E-state index contributed by atoms with van der Waals surface area (Å²) >= 11 is 0. The van der Waals surface area contributed by atoms with Crippen molar-refractivity contribution in [1.82, 2.24) is 10.4 Å². The van der Waals surface area contributed by atoms with Crippen LogP contribution in [-0.2, 0) is 0 Å². The molecule has 0 aliphatic carbocycles. The van der Waals surface area contributed by atoms with E-state index in [-0.39, 0.29) is 0 Å². The number of nitrogens with one attached hydrogen (secondary N) is 2. The maximum absolute atomic E-state index is 4.13. The van der Waals surface area contributed by atoms with Gasteiger partial charge in [0, 0.05) is 12.7 Å². The first kappa shape index (κ1) is 7.15. The van der Waals surface area contributed by atoms with Crippen LogP contribution in [0, 0.1) is 0 Å². The highest BCUT2D eigenvalue weighted by molar-refractivity contribution is 5.74. The van der Waals surface area contributed by atoms with E-state index in [0.717, 1.165) is 6.54 Å². The van der Waals surface area contributed by atoms with Gasteiger partial charge in [-0.25, -0.2) is 5.43 Å². The van der Waals surface area contributed by atoms with Crippen LogP contribution in [0.1, 0.15) is 12.8 Å². The monoisotopic (exact) mass is 176 g/mol. The Bertz CT molecular complexity index is 325. The molecule has 13 heavy (non-hydrogen) atoms. The first-order chi connectivity index (χ1) is 6.45. The zero-order valence-electron chi connectivity index (χ0n) is 7.33. The Morgan fingerprint density at radius 1 is 1.54 bits per heavy atom. The molecule has 1 saturated heterocycles. The predicted octanol–water partition coefficient (Wildman–Crippen LogP) is 0.938. The molecule has 2 aliphatic heterocycles. The zero-order valence-corrected chi connectivity index (χ0v) is 7.33. The normalized spacial score (nSPS) is 24.9. The summed E-state index contributed by atoms with van der Waals surface area (Å²) in [5.74, 6) is 0. The third-order valence-electron chi connectivity index (χ3n) is 2.63. The molecule has 0 saturated carbocycles. The Balaban J connectivity index is 2.01. The van der Waals surface area contributed by atoms with Gasteiger partial charge in [0.2, 0.25) is 0 Å². The minimum Gasteiger partial charge on any atom is -0.362 e. The lowest BCUT2D eigenvalue weighted by atomic mass is 10.2. The Morgan fingerprint density at radius 3 is 3.54 bits per heavy atom. The molecule has 1 unspecified atom stereocenters. The van der Waals surface area contributed by atoms with E-state index in [2.05, 4.69) is 20.7 Å². The molecule has 0 spiro atoms. The predicted molar refractivity (Wildman–Crippen MR) is 51.4 cm³/mol. The van der Waals surface area contributed by atoms with Crippen LogP contribution >= 0.6 is 0 Å². The van der Waals surface area contributed by atoms with Crippen LogP contribution < -0.4 is 15.8 Å². The highest BCUT2D eigenvalue weighted by Gasteiger charge is 2.30. The van der Waals surface area contributed by atoms with Gasteiger partial charge in [0.15, 0.2) is 0 Å². The Hall–Kier alpha value is -1.29. The highest BCUT2D eigenvalue weighted by Crippen LogP contribution is 2.34. The van der Waals surface area contributed by atoms with E-state index in [1.165, 1.54) is 24.2 Å². The number of aromatic nitrogens is 1. The fraction of sp³-hybridized carbons (Fsp3) is 0.444. The maximum Gasteiger partial charge on any atom is 0.114 e. The molecule has 1 atom stereocenters. The van der Waals surface area contributed by atoms with E-state index in [1.54, 1.807) is 0 Å². The third-order valence-corrected chi connectivity index (χ3v) is 2.63. The van der Waals surface area contributed by atoms with Crippen LogP contribution in [0.15, 0.2) is 18.5 Å². The first-order valence-electron chi connectivity index (χ1n) is 4.68. The average Bonchev–Trinajstić information content (AvgIpc) is 2.56. The molecule has 2 N–H and O–H groups in total. The standard InChI is InChI=1S/C9H12N4/c1-2-9-12-7-3-5-10-6-8(7)13(9)11-4-1/h3,5-6,9,11-12H,1-2,4H2. The molecule has 4 heteroatoms. The lowest BCUT2D eigenvalue weighted by molar-refractivity contribution is 0.451. The van der Waals surface area contributed by atoms with Gasteiger partial charge in [0.25, 0.3) is 0 Å². The van der Waals surface area contributed by atoms with Crippen LogP contribution in [0.3, 0.4) is 0 Å². The third kappa shape index (κ3) is 0.986.